The van der Waals surface area contributed by atoms with E-state index in [9.17, 15) is 4.79 Å². The molecule has 0 spiro atoms. The maximum absolute atomic E-state index is 12.5. The Balaban J connectivity index is 1.93. The molecule has 5 heteroatoms. The fourth-order valence-corrected chi connectivity index (χ4v) is 5.40. The Morgan fingerprint density at radius 3 is 2.53 bits per heavy atom. The first kappa shape index (κ1) is 21.1. The number of methoxy groups -OCH3 is 1. The molecule has 4 aromatic rings. The first-order chi connectivity index (χ1) is 14.2. The van der Waals surface area contributed by atoms with E-state index in [0.717, 1.165) is 48.8 Å². The first-order valence-electron chi connectivity index (χ1n) is 9.92. The molecular weight excluding hydrogens is 458 g/mol. The molecule has 1 radical (unpaired) electrons. The summed E-state index contributed by atoms with van der Waals surface area (Å²) in [7, 11) is 1.68. The van der Waals surface area contributed by atoms with E-state index in [1.807, 2.05) is 17.5 Å². The van der Waals surface area contributed by atoms with Crippen LogP contribution in [0, 0.1) is 12.3 Å². The quantitative estimate of drug-likeness (QED) is 0.326. The third kappa shape index (κ3) is 3.81. The summed E-state index contributed by atoms with van der Waals surface area (Å²) in [5, 5.41) is 3.89. The van der Waals surface area contributed by atoms with Crippen LogP contribution >= 0.6 is 27.3 Å². The lowest BCUT2D eigenvalue weighted by atomic mass is 9.82. The highest BCUT2D eigenvalue weighted by Crippen LogP contribution is 2.43. The van der Waals surface area contributed by atoms with E-state index in [1.165, 1.54) is 16.9 Å². The largest absolute Gasteiger partial charge is 0.496 e. The number of halogens is 1. The molecule has 1 N–H and O–H groups in total. The van der Waals surface area contributed by atoms with Gasteiger partial charge < -0.3 is 9.72 Å². The first-order valence-corrected chi connectivity index (χ1v) is 11.6. The van der Waals surface area contributed by atoms with Gasteiger partial charge >= 0.3 is 0 Å². The Hall–Kier alpha value is -2.11. The molecule has 30 heavy (non-hydrogen) atoms. The third-order valence-corrected chi connectivity index (χ3v) is 6.91. The lowest BCUT2D eigenvalue weighted by Crippen LogP contribution is -2.10. The fourth-order valence-electron chi connectivity index (χ4n) is 4.10. The number of aromatic amines is 1. The average Bonchev–Trinajstić information content (AvgIpc) is 3.18. The van der Waals surface area contributed by atoms with E-state index in [2.05, 4.69) is 72.9 Å². The highest BCUT2D eigenvalue weighted by Gasteiger charge is 2.20. The number of fused-ring (bicyclic) bond motifs is 3. The lowest BCUT2D eigenvalue weighted by Gasteiger charge is -2.23. The Morgan fingerprint density at radius 2 is 1.90 bits per heavy atom. The standard InChI is InChI=1S/C25H25BrNO2S/c1-14(13-25(2,3)4)15-6-8-16(9-7-15)20-19(29-5)12-18(26)22-21(20)17-10-11-30-23(17)24(28)27-22/h6-12,14H,1,13H2,2-5H3,(H,27,28). The van der Waals surface area contributed by atoms with E-state index >= 15 is 0 Å². The number of thiophene rings is 1. The van der Waals surface area contributed by atoms with E-state index < -0.39 is 0 Å². The second-order valence-corrected chi connectivity index (χ2v) is 10.7. The SMILES string of the molecule is [CH2]C(CC(C)(C)C)c1ccc(-c2c(OC)cc(Br)c3[nH]c(=O)c4sccc4c23)cc1. The highest BCUT2D eigenvalue weighted by molar-refractivity contribution is 9.10. The minimum Gasteiger partial charge on any atom is -0.496 e. The van der Waals surface area contributed by atoms with Crippen LogP contribution in [0.3, 0.4) is 0 Å². The van der Waals surface area contributed by atoms with Crippen molar-refractivity contribution in [1.29, 1.82) is 0 Å². The van der Waals surface area contributed by atoms with Gasteiger partial charge in [0.15, 0.2) is 0 Å². The molecule has 2 heterocycles. The maximum atomic E-state index is 12.5. The van der Waals surface area contributed by atoms with Gasteiger partial charge in [-0.25, -0.2) is 0 Å². The zero-order valence-corrected chi connectivity index (χ0v) is 20.0. The van der Waals surface area contributed by atoms with Gasteiger partial charge in [0.2, 0.25) is 0 Å². The van der Waals surface area contributed by atoms with E-state index in [0.29, 0.717) is 0 Å². The van der Waals surface area contributed by atoms with Gasteiger partial charge in [-0.3, -0.25) is 4.79 Å². The van der Waals surface area contributed by atoms with Crippen LogP contribution in [0.15, 0.2) is 51.0 Å². The van der Waals surface area contributed by atoms with Gasteiger partial charge in [-0.2, -0.15) is 0 Å². The van der Waals surface area contributed by atoms with Crippen molar-refractivity contribution in [3.8, 4) is 16.9 Å². The summed E-state index contributed by atoms with van der Waals surface area (Å²) in [6.45, 7) is 11.1. The predicted molar refractivity (Wildman–Crippen MR) is 132 cm³/mol. The minimum atomic E-state index is -0.0678. The van der Waals surface area contributed by atoms with Crippen LogP contribution < -0.4 is 10.3 Å². The summed E-state index contributed by atoms with van der Waals surface area (Å²) >= 11 is 5.06. The van der Waals surface area contributed by atoms with Crippen molar-refractivity contribution in [2.75, 3.05) is 7.11 Å². The number of H-pyrrole nitrogens is 1. The number of rotatable bonds is 4. The van der Waals surface area contributed by atoms with Crippen LogP contribution in [0.25, 0.3) is 32.1 Å². The van der Waals surface area contributed by atoms with Gasteiger partial charge in [0.05, 0.1) is 12.6 Å². The molecule has 0 bridgehead atoms. The molecule has 0 saturated heterocycles. The molecule has 2 aromatic heterocycles. The van der Waals surface area contributed by atoms with Gasteiger partial charge in [0.1, 0.15) is 10.4 Å². The second kappa shape index (κ2) is 7.86. The van der Waals surface area contributed by atoms with Crippen LogP contribution in [0.4, 0.5) is 0 Å². The second-order valence-electron chi connectivity index (χ2n) is 8.89. The lowest BCUT2D eigenvalue weighted by molar-refractivity contribution is 0.360. The molecule has 0 saturated carbocycles. The molecule has 0 aliphatic heterocycles. The molecular formula is C25H25BrNO2S. The minimum absolute atomic E-state index is 0.0678. The number of ether oxygens (including phenoxy) is 1. The number of nitrogens with one attached hydrogen (secondary N) is 1. The predicted octanol–water partition coefficient (Wildman–Crippen LogP) is 7.53. The molecule has 0 aliphatic rings. The summed E-state index contributed by atoms with van der Waals surface area (Å²) in [6.07, 6.45) is 1.02. The molecule has 1 unspecified atom stereocenters. The van der Waals surface area contributed by atoms with Gasteiger partial charge in [0, 0.05) is 20.8 Å². The summed E-state index contributed by atoms with van der Waals surface area (Å²) in [5.41, 5.74) is 4.21. The van der Waals surface area contributed by atoms with Crippen molar-refractivity contribution in [2.24, 2.45) is 5.41 Å². The number of aromatic nitrogens is 1. The van der Waals surface area contributed by atoms with Crippen molar-refractivity contribution in [1.82, 2.24) is 4.98 Å². The Bertz CT molecular complexity index is 1280. The Kier molecular flexibility index (Phi) is 5.54. The Morgan fingerprint density at radius 1 is 1.20 bits per heavy atom. The van der Waals surface area contributed by atoms with Crippen LogP contribution in [0.1, 0.15) is 38.7 Å². The van der Waals surface area contributed by atoms with Crippen LogP contribution in [0.5, 0.6) is 5.75 Å². The van der Waals surface area contributed by atoms with Gasteiger partial charge in [-0.15, -0.1) is 11.3 Å². The summed E-state index contributed by atoms with van der Waals surface area (Å²) in [5.74, 6) is 1.00. The van der Waals surface area contributed by atoms with E-state index in [-0.39, 0.29) is 16.9 Å². The monoisotopic (exact) mass is 482 g/mol. The van der Waals surface area contributed by atoms with E-state index in [4.69, 9.17) is 4.74 Å². The summed E-state index contributed by atoms with van der Waals surface area (Å²) in [4.78, 5) is 15.6. The Labute approximate surface area is 189 Å². The van der Waals surface area contributed by atoms with Crippen molar-refractivity contribution >= 4 is 48.3 Å². The number of pyridine rings is 1. The van der Waals surface area contributed by atoms with Crippen molar-refractivity contribution in [3.05, 3.63) is 69.1 Å². The van der Waals surface area contributed by atoms with Crippen molar-refractivity contribution < 1.29 is 4.74 Å². The van der Waals surface area contributed by atoms with Gasteiger partial charge in [-0.05, 0) is 69.2 Å². The number of hydrogen-bond donors (Lipinski definition) is 1. The third-order valence-electron chi connectivity index (χ3n) is 5.37. The highest BCUT2D eigenvalue weighted by atomic mass is 79.9. The van der Waals surface area contributed by atoms with Crippen LogP contribution in [-0.2, 0) is 0 Å². The van der Waals surface area contributed by atoms with Crippen molar-refractivity contribution in [2.45, 2.75) is 33.1 Å². The molecule has 4 rings (SSSR count). The molecule has 1 atom stereocenters. The zero-order valence-electron chi connectivity index (χ0n) is 17.6. The molecule has 0 aliphatic carbocycles. The van der Waals surface area contributed by atoms with Crippen molar-refractivity contribution in [3.63, 3.8) is 0 Å². The number of benzene rings is 2. The fraction of sp³-hybridized carbons (Fsp3) is 0.280. The van der Waals surface area contributed by atoms with E-state index in [1.54, 1.807) is 7.11 Å². The smallest absolute Gasteiger partial charge is 0.266 e. The number of hydrogen-bond acceptors (Lipinski definition) is 3. The zero-order chi connectivity index (χ0) is 21.6. The van der Waals surface area contributed by atoms with Crippen LogP contribution in [0.2, 0.25) is 0 Å². The molecule has 0 amide bonds. The summed E-state index contributed by atoms with van der Waals surface area (Å²) in [6, 6.07) is 12.5. The topological polar surface area (TPSA) is 42.1 Å². The molecule has 155 valence electrons. The van der Waals surface area contributed by atoms with Gasteiger partial charge in [0.25, 0.3) is 5.56 Å². The summed E-state index contributed by atoms with van der Waals surface area (Å²) < 4.78 is 7.29. The molecule has 3 nitrogen and oxygen atoms in total. The van der Waals surface area contributed by atoms with Crippen LogP contribution in [-0.4, -0.2) is 12.1 Å². The van der Waals surface area contributed by atoms with Gasteiger partial charge in [-0.1, -0.05) is 45.0 Å². The molecule has 2 aromatic carbocycles. The average molecular weight is 483 g/mol. The maximum Gasteiger partial charge on any atom is 0.266 e. The normalized spacial score (nSPS) is 13.1. The molecule has 0 fully saturated rings.